The van der Waals surface area contributed by atoms with Gasteiger partial charge in [0.05, 0.1) is 12.2 Å². The number of amides is 1. The minimum Gasteiger partial charge on any atom is -0.489 e. The van der Waals surface area contributed by atoms with E-state index in [0.717, 1.165) is 5.56 Å². The maximum atomic E-state index is 14.0. The molecule has 0 saturated heterocycles. The first-order chi connectivity index (χ1) is 10.7. The molecule has 0 aromatic heterocycles. The van der Waals surface area contributed by atoms with Crippen LogP contribution in [0.25, 0.3) is 0 Å². The zero-order valence-electron chi connectivity index (χ0n) is 12.3. The highest BCUT2D eigenvalue weighted by Crippen LogP contribution is 2.18. The molecule has 0 aliphatic rings. The number of halogens is 1. The smallest absolute Gasteiger partial charge is 0.254 e. The van der Waals surface area contributed by atoms with Gasteiger partial charge in [0.2, 0.25) is 0 Å². The summed E-state index contributed by atoms with van der Waals surface area (Å²) in [7, 11) is 1.53. The Morgan fingerprint density at radius 1 is 1.18 bits per heavy atom. The highest BCUT2D eigenvalue weighted by atomic mass is 19.1. The molecular formula is C17H18FNO3. The fourth-order valence-electron chi connectivity index (χ4n) is 1.87. The van der Waals surface area contributed by atoms with E-state index in [1.54, 1.807) is 6.07 Å². The molecule has 1 N–H and O–H groups in total. The van der Waals surface area contributed by atoms with Crippen LogP contribution in [0.1, 0.15) is 15.9 Å². The second-order valence-corrected chi connectivity index (χ2v) is 4.66. The summed E-state index contributed by atoms with van der Waals surface area (Å²) in [6.07, 6.45) is 0. The molecule has 2 aromatic carbocycles. The Bertz CT molecular complexity index is 617. The standard InChI is InChI=1S/C17H18FNO3/c1-21-10-9-19-17(20)15-8-7-14(11-16(15)18)22-12-13-5-3-2-4-6-13/h2-8,11H,9-10,12H2,1H3,(H,19,20). The maximum absolute atomic E-state index is 14.0. The van der Waals surface area contributed by atoms with E-state index in [-0.39, 0.29) is 5.56 Å². The number of hydrogen-bond donors (Lipinski definition) is 1. The Kier molecular flexibility index (Phi) is 5.91. The molecule has 0 saturated carbocycles. The van der Waals surface area contributed by atoms with Gasteiger partial charge in [-0.15, -0.1) is 0 Å². The summed E-state index contributed by atoms with van der Waals surface area (Å²) < 4.78 is 24.3. The van der Waals surface area contributed by atoms with Crippen molar-refractivity contribution in [2.75, 3.05) is 20.3 Å². The molecule has 1 amide bonds. The van der Waals surface area contributed by atoms with Gasteiger partial charge >= 0.3 is 0 Å². The second-order valence-electron chi connectivity index (χ2n) is 4.66. The van der Waals surface area contributed by atoms with Crippen LogP contribution in [0.15, 0.2) is 48.5 Å². The quantitative estimate of drug-likeness (QED) is 0.800. The van der Waals surface area contributed by atoms with Gasteiger partial charge in [0.15, 0.2) is 0 Å². The summed E-state index contributed by atoms with van der Waals surface area (Å²) in [6, 6.07) is 13.8. The van der Waals surface area contributed by atoms with Crippen molar-refractivity contribution in [1.82, 2.24) is 5.32 Å². The van der Waals surface area contributed by atoms with Gasteiger partial charge in [-0.05, 0) is 17.7 Å². The zero-order valence-corrected chi connectivity index (χ0v) is 12.3. The minimum atomic E-state index is -0.611. The first-order valence-electron chi connectivity index (χ1n) is 6.94. The molecule has 0 bridgehead atoms. The molecule has 116 valence electrons. The third-order valence-corrected chi connectivity index (χ3v) is 3.03. The lowest BCUT2D eigenvalue weighted by atomic mass is 10.2. The van der Waals surface area contributed by atoms with Crippen LogP contribution < -0.4 is 10.1 Å². The molecule has 5 heteroatoms. The molecule has 0 spiro atoms. The molecule has 0 radical (unpaired) electrons. The molecule has 0 unspecified atom stereocenters. The summed E-state index contributed by atoms with van der Waals surface area (Å²) in [5.74, 6) is -0.695. The van der Waals surface area contributed by atoms with Crippen molar-refractivity contribution in [2.24, 2.45) is 0 Å². The lowest BCUT2D eigenvalue weighted by Crippen LogP contribution is -2.27. The van der Waals surface area contributed by atoms with Crippen molar-refractivity contribution in [3.63, 3.8) is 0 Å². The van der Waals surface area contributed by atoms with Crippen molar-refractivity contribution >= 4 is 5.91 Å². The lowest BCUT2D eigenvalue weighted by Gasteiger charge is -2.09. The number of carbonyl (C=O) groups excluding carboxylic acids is 1. The normalized spacial score (nSPS) is 10.3. The van der Waals surface area contributed by atoms with Gasteiger partial charge in [0.1, 0.15) is 18.2 Å². The number of carbonyl (C=O) groups is 1. The molecule has 0 fully saturated rings. The molecule has 2 rings (SSSR count). The lowest BCUT2D eigenvalue weighted by molar-refractivity contribution is 0.0933. The van der Waals surface area contributed by atoms with Crippen molar-refractivity contribution in [3.05, 3.63) is 65.5 Å². The summed E-state index contributed by atoms with van der Waals surface area (Å²) >= 11 is 0. The number of ether oxygens (including phenoxy) is 2. The minimum absolute atomic E-state index is 0.0110. The molecule has 0 aliphatic heterocycles. The molecule has 4 nitrogen and oxygen atoms in total. The van der Waals surface area contributed by atoms with Gasteiger partial charge in [-0.25, -0.2) is 4.39 Å². The molecule has 0 aliphatic carbocycles. The number of methoxy groups -OCH3 is 1. The summed E-state index contributed by atoms with van der Waals surface area (Å²) in [6.45, 7) is 1.06. The first kappa shape index (κ1) is 16.0. The number of nitrogens with one attached hydrogen (secondary N) is 1. The maximum Gasteiger partial charge on any atom is 0.254 e. The van der Waals surface area contributed by atoms with Gasteiger partial charge in [0, 0.05) is 19.7 Å². The van der Waals surface area contributed by atoms with Crippen LogP contribution in [0.3, 0.4) is 0 Å². The van der Waals surface area contributed by atoms with Crippen LogP contribution in [0.2, 0.25) is 0 Å². The van der Waals surface area contributed by atoms with E-state index in [2.05, 4.69) is 5.32 Å². The van der Waals surface area contributed by atoms with E-state index in [4.69, 9.17) is 9.47 Å². The summed E-state index contributed by atoms with van der Waals surface area (Å²) in [5.41, 5.74) is 0.979. The van der Waals surface area contributed by atoms with Crippen molar-refractivity contribution in [3.8, 4) is 5.75 Å². The van der Waals surface area contributed by atoms with Crippen LogP contribution in [0, 0.1) is 5.82 Å². The predicted molar refractivity (Wildman–Crippen MR) is 81.4 cm³/mol. The van der Waals surface area contributed by atoms with E-state index >= 15 is 0 Å². The topological polar surface area (TPSA) is 47.6 Å². The fraction of sp³-hybridized carbons (Fsp3) is 0.235. The highest BCUT2D eigenvalue weighted by Gasteiger charge is 2.12. The summed E-state index contributed by atoms with van der Waals surface area (Å²) in [4.78, 5) is 11.8. The number of benzene rings is 2. The van der Waals surface area contributed by atoms with Crippen LogP contribution in [-0.4, -0.2) is 26.2 Å². The Hall–Kier alpha value is -2.40. The monoisotopic (exact) mass is 303 g/mol. The average molecular weight is 303 g/mol. The first-order valence-corrected chi connectivity index (χ1v) is 6.94. The second kappa shape index (κ2) is 8.14. The van der Waals surface area contributed by atoms with Gasteiger partial charge in [-0.3, -0.25) is 4.79 Å². The Morgan fingerprint density at radius 3 is 2.64 bits per heavy atom. The fourth-order valence-corrected chi connectivity index (χ4v) is 1.87. The van der Waals surface area contributed by atoms with Crippen molar-refractivity contribution < 1.29 is 18.7 Å². The van der Waals surface area contributed by atoms with E-state index < -0.39 is 11.7 Å². The zero-order chi connectivity index (χ0) is 15.8. The highest BCUT2D eigenvalue weighted by molar-refractivity contribution is 5.94. The van der Waals surface area contributed by atoms with E-state index in [0.29, 0.717) is 25.5 Å². The largest absolute Gasteiger partial charge is 0.489 e. The Labute approximate surface area is 128 Å². The number of rotatable bonds is 7. The van der Waals surface area contributed by atoms with Gasteiger partial charge < -0.3 is 14.8 Å². The van der Waals surface area contributed by atoms with Crippen LogP contribution >= 0.6 is 0 Å². The Balaban J connectivity index is 1.95. The van der Waals surface area contributed by atoms with Crippen LogP contribution in [-0.2, 0) is 11.3 Å². The molecule has 22 heavy (non-hydrogen) atoms. The average Bonchev–Trinajstić information content (AvgIpc) is 2.54. The third kappa shape index (κ3) is 4.56. The summed E-state index contributed by atoms with van der Waals surface area (Å²) in [5, 5.41) is 2.57. The van der Waals surface area contributed by atoms with Crippen LogP contribution in [0.4, 0.5) is 4.39 Å². The van der Waals surface area contributed by atoms with Crippen molar-refractivity contribution in [2.45, 2.75) is 6.61 Å². The Morgan fingerprint density at radius 2 is 1.95 bits per heavy atom. The van der Waals surface area contributed by atoms with Crippen molar-refractivity contribution in [1.29, 1.82) is 0 Å². The van der Waals surface area contributed by atoms with Gasteiger partial charge in [-0.2, -0.15) is 0 Å². The third-order valence-electron chi connectivity index (χ3n) is 3.03. The SMILES string of the molecule is COCCNC(=O)c1ccc(OCc2ccccc2)cc1F. The predicted octanol–water partition coefficient (Wildman–Crippen LogP) is 2.78. The molecule has 0 atom stereocenters. The van der Waals surface area contributed by atoms with E-state index in [1.807, 2.05) is 30.3 Å². The van der Waals surface area contributed by atoms with E-state index in [9.17, 15) is 9.18 Å². The van der Waals surface area contributed by atoms with Gasteiger partial charge in [0.25, 0.3) is 5.91 Å². The molecular weight excluding hydrogens is 285 g/mol. The van der Waals surface area contributed by atoms with Gasteiger partial charge in [-0.1, -0.05) is 30.3 Å². The number of hydrogen-bond acceptors (Lipinski definition) is 3. The van der Waals surface area contributed by atoms with E-state index in [1.165, 1.54) is 19.2 Å². The molecule has 0 heterocycles. The van der Waals surface area contributed by atoms with Crippen LogP contribution in [0.5, 0.6) is 5.75 Å². The molecule has 2 aromatic rings.